The zero-order valence-corrected chi connectivity index (χ0v) is 17.4. The SMILES string of the molecule is O=C(COc1ccc(N2C(=O)[C@@H]3[C@@H]4C=C[C@@H]([C@H]5C[C@@H]45)[C@@H]3C2=O)cc1)c1cccc(Cl)c1. The molecule has 2 bridgehead atoms. The molecule has 1 saturated heterocycles. The first kappa shape index (κ1) is 18.8. The number of benzene rings is 2. The molecule has 6 atom stereocenters. The van der Waals surface area contributed by atoms with Crippen LogP contribution >= 0.6 is 11.6 Å². The Morgan fingerprint density at radius 2 is 1.61 bits per heavy atom. The van der Waals surface area contributed by atoms with Crippen molar-refractivity contribution in [1.29, 1.82) is 0 Å². The number of amides is 2. The average molecular weight is 434 g/mol. The van der Waals surface area contributed by atoms with Gasteiger partial charge in [0.15, 0.2) is 12.4 Å². The Balaban J connectivity index is 1.16. The minimum Gasteiger partial charge on any atom is -0.485 e. The summed E-state index contributed by atoms with van der Waals surface area (Å²) >= 11 is 5.93. The van der Waals surface area contributed by atoms with E-state index in [0.717, 1.165) is 6.42 Å². The maximum absolute atomic E-state index is 13.2. The highest BCUT2D eigenvalue weighted by atomic mass is 35.5. The van der Waals surface area contributed by atoms with Crippen LogP contribution in [0.1, 0.15) is 16.8 Å². The van der Waals surface area contributed by atoms with E-state index < -0.39 is 0 Å². The maximum atomic E-state index is 13.2. The third kappa shape index (κ3) is 2.87. The second-order valence-electron chi connectivity index (χ2n) is 8.88. The monoisotopic (exact) mass is 433 g/mol. The number of rotatable bonds is 5. The average Bonchev–Trinajstić information content (AvgIpc) is 3.56. The predicted octanol–water partition coefficient (Wildman–Crippen LogP) is 4.16. The van der Waals surface area contributed by atoms with Crippen molar-refractivity contribution in [3.8, 4) is 5.75 Å². The number of hydrogen-bond donors (Lipinski definition) is 0. The number of anilines is 1. The van der Waals surface area contributed by atoms with Crippen LogP contribution in [-0.2, 0) is 9.59 Å². The van der Waals surface area contributed by atoms with Crippen molar-refractivity contribution >= 4 is 34.9 Å². The molecular weight excluding hydrogens is 414 g/mol. The third-order valence-corrected chi connectivity index (χ3v) is 7.51. The Kier molecular flexibility index (Phi) is 4.12. The standard InChI is InChI=1S/C25H20ClNO4/c26-14-3-1-2-13(10-14)21(28)12-31-16-6-4-15(5-7-16)27-24(29)22-17-8-9-18(20-11-19(17)20)23(22)25(27)30/h1-10,17-20,22-23H,11-12H2/t17-,18+,19+,20-,22-,23+. The lowest BCUT2D eigenvalue weighted by atomic mass is 9.63. The molecule has 0 N–H and O–H groups in total. The fraction of sp³-hybridized carbons (Fsp3) is 0.320. The van der Waals surface area contributed by atoms with Crippen LogP contribution in [0.15, 0.2) is 60.7 Å². The van der Waals surface area contributed by atoms with E-state index in [0.29, 0.717) is 33.9 Å². The molecule has 0 unspecified atom stereocenters. The van der Waals surface area contributed by atoms with Gasteiger partial charge in [0.1, 0.15) is 5.75 Å². The van der Waals surface area contributed by atoms with Gasteiger partial charge in [-0.05, 0) is 66.5 Å². The summed E-state index contributed by atoms with van der Waals surface area (Å²) in [5.74, 6) is 1.33. The Morgan fingerprint density at radius 1 is 0.968 bits per heavy atom. The van der Waals surface area contributed by atoms with Crippen LogP contribution in [-0.4, -0.2) is 24.2 Å². The summed E-state index contributed by atoms with van der Waals surface area (Å²) in [5.41, 5.74) is 1.05. The van der Waals surface area contributed by atoms with Gasteiger partial charge in [0.05, 0.1) is 17.5 Å². The molecule has 31 heavy (non-hydrogen) atoms. The highest BCUT2D eigenvalue weighted by Gasteiger charge is 2.67. The normalized spacial score (nSPS) is 32.1. The van der Waals surface area contributed by atoms with Crippen LogP contribution in [0.3, 0.4) is 0 Å². The number of halogens is 1. The summed E-state index contributed by atoms with van der Waals surface area (Å²) in [6.07, 6.45) is 5.49. The first-order chi connectivity index (χ1) is 15.0. The van der Waals surface area contributed by atoms with Crippen molar-refractivity contribution in [2.75, 3.05) is 11.5 Å². The summed E-state index contributed by atoms with van der Waals surface area (Å²) in [4.78, 5) is 40.0. The summed E-state index contributed by atoms with van der Waals surface area (Å²) in [5, 5.41) is 0.497. The van der Waals surface area contributed by atoms with E-state index in [-0.39, 0.29) is 47.9 Å². The molecule has 1 aliphatic heterocycles. The molecule has 0 spiro atoms. The maximum Gasteiger partial charge on any atom is 0.238 e. The highest BCUT2D eigenvalue weighted by molar-refractivity contribution is 6.31. The molecule has 5 nitrogen and oxygen atoms in total. The van der Waals surface area contributed by atoms with Gasteiger partial charge in [0, 0.05) is 10.6 Å². The Hall–Kier alpha value is -2.92. The van der Waals surface area contributed by atoms with Gasteiger partial charge in [0.2, 0.25) is 11.8 Å². The summed E-state index contributed by atoms with van der Waals surface area (Å²) < 4.78 is 5.60. The molecule has 1 heterocycles. The van der Waals surface area contributed by atoms with Crippen LogP contribution in [0.4, 0.5) is 5.69 Å². The zero-order valence-electron chi connectivity index (χ0n) is 16.6. The smallest absolute Gasteiger partial charge is 0.238 e. The quantitative estimate of drug-likeness (QED) is 0.403. The fourth-order valence-electron chi connectivity index (χ4n) is 5.80. The second-order valence-corrected chi connectivity index (χ2v) is 9.32. The second kappa shape index (κ2) is 6.79. The van der Waals surface area contributed by atoms with Crippen LogP contribution in [0.5, 0.6) is 5.75 Å². The highest BCUT2D eigenvalue weighted by Crippen LogP contribution is 2.65. The molecule has 7 rings (SSSR count). The van der Waals surface area contributed by atoms with Gasteiger partial charge in [-0.25, -0.2) is 0 Å². The number of nitrogens with zero attached hydrogens (tertiary/aromatic N) is 1. The van der Waals surface area contributed by atoms with Crippen LogP contribution in [0.25, 0.3) is 0 Å². The van der Waals surface area contributed by atoms with E-state index in [1.807, 2.05) is 0 Å². The molecule has 6 heteroatoms. The lowest BCUT2D eigenvalue weighted by Gasteiger charge is -2.37. The number of carbonyl (C=O) groups is 3. The number of ether oxygens (including phenoxy) is 1. The molecule has 0 aromatic heterocycles. The lowest BCUT2D eigenvalue weighted by Crippen LogP contribution is -2.40. The van der Waals surface area contributed by atoms with Crippen molar-refractivity contribution in [3.05, 3.63) is 71.3 Å². The minimum atomic E-state index is -0.211. The molecule has 0 radical (unpaired) electrons. The number of imide groups is 1. The number of ketones is 1. The van der Waals surface area contributed by atoms with Gasteiger partial charge in [-0.15, -0.1) is 0 Å². The van der Waals surface area contributed by atoms with Crippen LogP contribution < -0.4 is 9.64 Å². The number of Topliss-reactive ketones (excluding diaryl/α,β-unsaturated/α-hetero) is 1. The van der Waals surface area contributed by atoms with E-state index in [4.69, 9.17) is 16.3 Å². The first-order valence-corrected chi connectivity index (χ1v) is 11.0. The lowest BCUT2D eigenvalue weighted by molar-refractivity contribution is -0.124. The molecule has 5 aliphatic rings. The summed E-state index contributed by atoms with van der Waals surface area (Å²) in [7, 11) is 0. The van der Waals surface area contributed by atoms with Crippen LogP contribution in [0, 0.1) is 35.5 Å². The molecule has 3 fully saturated rings. The molecule has 2 saturated carbocycles. The van der Waals surface area contributed by atoms with E-state index in [1.54, 1.807) is 48.5 Å². The molecule has 2 aromatic carbocycles. The predicted molar refractivity (Wildman–Crippen MR) is 115 cm³/mol. The van der Waals surface area contributed by atoms with E-state index in [1.165, 1.54) is 4.90 Å². The van der Waals surface area contributed by atoms with Gasteiger partial charge in [-0.1, -0.05) is 35.9 Å². The van der Waals surface area contributed by atoms with E-state index in [2.05, 4.69) is 12.2 Å². The van der Waals surface area contributed by atoms with Gasteiger partial charge in [0.25, 0.3) is 0 Å². The van der Waals surface area contributed by atoms with Crippen molar-refractivity contribution < 1.29 is 19.1 Å². The van der Waals surface area contributed by atoms with Gasteiger partial charge in [-0.2, -0.15) is 0 Å². The first-order valence-electron chi connectivity index (χ1n) is 10.6. The molecule has 156 valence electrons. The van der Waals surface area contributed by atoms with Crippen molar-refractivity contribution in [3.63, 3.8) is 0 Å². The number of allylic oxidation sites excluding steroid dienone is 2. The minimum absolute atomic E-state index is 0.0792. The molecular formula is C25H20ClNO4. The molecule has 2 aromatic rings. The van der Waals surface area contributed by atoms with Crippen molar-refractivity contribution in [2.45, 2.75) is 6.42 Å². The van der Waals surface area contributed by atoms with Gasteiger partial charge >= 0.3 is 0 Å². The Bertz CT molecular complexity index is 1100. The van der Waals surface area contributed by atoms with Crippen molar-refractivity contribution in [2.24, 2.45) is 35.5 Å². The molecule has 2 amide bonds. The fourth-order valence-corrected chi connectivity index (χ4v) is 5.99. The Labute approximate surface area is 184 Å². The van der Waals surface area contributed by atoms with Gasteiger partial charge < -0.3 is 4.74 Å². The van der Waals surface area contributed by atoms with E-state index >= 15 is 0 Å². The number of carbonyl (C=O) groups excluding carboxylic acids is 3. The van der Waals surface area contributed by atoms with Gasteiger partial charge in [-0.3, -0.25) is 19.3 Å². The zero-order chi connectivity index (χ0) is 21.3. The third-order valence-electron chi connectivity index (χ3n) is 7.27. The topological polar surface area (TPSA) is 63.7 Å². The largest absolute Gasteiger partial charge is 0.485 e. The van der Waals surface area contributed by atoms with Crippen molar-refractivity contribution in [1.82, 2.24) is 0 Å². The van der Waals surface area contributed by atoms with E-state index in [9.17, 15) is 14.4 Å². The number of hydrogen-bond acceptors (Lipinski definition) is 4. The Morgan fingerprint density at radius 3 is 2.23 bits per heavy atom. The summed E-state index contributed by atoms with van der Waals surface area (Å²) in [6, 6.07) is 13.5. The summed E-state index contributed by atoms with van der Waals surface area (Å²) in [6.45, 7) is -0.122. The van der Waals surface area contributed by atoms with Crippen LogP contribution in [0.2, 0.25) is 5.02 Å². The molecule has 4 aliphatic carbocycles.